The topological polar surface area (TPSA) is 91.0 Å². The number of rotatable bonds is 4. The maximum atomic E-state index is 4.79. The lowest BCUT2D eigenvalue weighted by Crippen LogP contribution is -2.06. The average Bonchev–Trinajstić information content (AvgIpc) is 3.04. The highest BCUT2D eigenvalue weighted by Crippen LogP contribution is 2.15. The van der Waals surface area contributed by atoms with E-state index in [0.717, 1.165) is 16.5 Å². The monoisotopic (exact) mass is 333 g/mol. The van der Waals surface area contributed by atoms with E-state index in [1.54, 1.807) is 17.1 Å². The summed E-state index contributed by atoms with van der Waals surface area (Å²) in [5, 5.41) is 13.2. The zero-order chi connectivity index (χ0) is 17.2. The normalized spacial score (nSPS) is 12.0. The molecule has 3 aromatic heterocycles. The highest BCUT2D eigenvalue weighted by Gasteiger charge is 2.11. The molecule has 0 unspecified atom stereocenters. The SMILES string of the molecule is CO/N=C(/C)c1cnc2nnn(Cc3ccc4ncccc4c3)c2n1. The summed E-state index contributed by atoms with van der Waals surface area (Å²) in [6, 6.07) is 10.1. The predicted molar refractivity (Wildman–Crippen MR) is 93.2 cm³/mol. The van der Waals surface area contributed by atoms with Gasteiger partial charge in [0.2, 0.25) is 5.65 Å². The molecule has 0 amide bonds. The standard InChI is InChI=1S/C17H15N7O/c1-11(22-25-2)15-9-19-16-17(20-15)24(23-21-16)10-12-5-6-14-13(8-12)4-3-7-18-14/h3-9H,10H2,1-2H3/b22-11-. The molecule has 0 aliphatic heterocycles. The van der Waals surface area contributed by atoms with Gasteiger partial charge in [0.15, 0.2) is 5.65 Å². The third-order valence-electron chi connectivity index (χ3n) is 3.83. The smallest absolute Gasteiger partial charge is 0.221 e. The number of hydrogen-bond donors (Lipinski definition) is 0. The van der Waals surface area contributed by atoms with Crippen LogP contribution in [0, 0.1) is 0 Å². The Morgan fingerprint density at radius 1 is 1.24 bits per heavy atom. The summed E-state index contributed by atoms with van der Waals surface area (Å²) in [5.74, 6) is 0. The Balaban J connectivity index is 1.72. The minimum Gasteiger partial charge on any atom is -0.399 e. The van der Waals surface area contributed by atoms with E-state index in [-0.39, 0.29) is 0 Å². The largest absolute Gasteiger partial charge is 0.399 e. The predicted octanol–water partition coefficient (Wildman–Crippen LogP) is 2.19. The minimum absolute atomic E-state index is 0.497. The van der Waals surface area contributed by atoms with Crippen LogP contribution in [-0.2, 0) is 11.4 Å². The Kier molecular flexibility index (Phi) is 3.77. The highest BCUT2D eigenvalue weighted by molar-refractivity contribution is 5.97. The van der Waals surface area contributed by atoms with Crippen molar-refractivity contribution in [3.05, 3.63) is 54.0 Å². The van der Waals surface area contributed by atoms with E-state index in [2.05, 4.69) is 36.5 Å². The maximum absolute atomic E-state index is 4.79. The number of oxime groups is 1. The van der Waals surface area contributed by atoms with Crippen molar-refractivity contribution in [1.82, 2.24) is 29.9 Å². The van der Waals surface area contributed by atoms with Crippen LogP contribution in [0.4, 0.5) is 0 Å². The molecular formula is C17H15N7O. The molecule has 0 radical (unpaired) electrons. The van der Waals surface area contributed by atoms with Crippen LogP contribution in [0.5, 0.6) is 0 Å². The second-order valence-electron chi connectivity index (χ2n) is 5.54. The van der Waals surface area contributed by atoms with Gasteiger partial charge in [-0.05, 0) is 30.7 Å². The molecule has 3 heterocycles. The quantitative estimate of drug-likeness (QED) is 0.420. The third-order valence-corrected chi connectivity index (χ3v) is 3.83. The number of aromatic nitrogens is 6. The van der Waals surface area contributed by atoms with Crippen molar-refractivity contribution < 1.29 is 4.84 Å². The molecule has 0 N–H and O–H groups in total. The maximum Gasteiger partial charge on any atom is 0.221 e. The van der Waals surface area contributed by atoms with Gasteiger partial charge in [-0.3, -0.25) is 4.98 Å². The molecule has 124 valence electrons. The van der Waals surface area contributed by atoms with Gasteiger partial charge in [-0.1, -0.05) is 22.5 Å². The second kappa shape index (κ2) is 6.23. The van der Waals surface area contributed by atoms with Gasteiger partial charge in [0, 0.05) is 11.6 Å². The Morgan fingerprint density at radius 3 is 3.04 bits per heavy atom. The zero-order valence-corrected chi connectivity index (χ0v) is 13.8. The van der Waals surface area contributed by atoms with E-state index >= 15 is 0 Å². The molecule has 4 rings (SSSR count). The fraction of sp³-hybridized carbons (Fsp3) is 0.176. The Labute approximate surface area is 143 Å². The van der Waals surface area contributed by atoms with Crippen LogP contribution in [0.25, 0.3) is 22.2 Å². The summed E-state index contributed by atoms with van der Waals surface area (Å²) in [6.45, 7) is 2.35. The number of benzene rings is 1. The van der Waals surface area contributed by atoms with Gasteiger partial charge in [-0.2, -0.15) is 0 Å². The lowest BCUT2D eigenvalue weighted by Gasteiger charge is -2.05. The van der Waals surface area contributed by atoms with E-state index in [0.29, 0.717) is 29.2 Å². The first-order valence-corrected chi connectivity index (χ1v) is 7.72. The molecule has 0 aliphatic carbocycles. The van der Waals surface area contributed by atoms with Crippen LogP contribution in [0.15, 0.2) is 47.9 Å². The van der Waals surface area contributed by atoms with Crippen LogP contribution < -0.4 is 0 Å². The highest BCUT2D eigenvalue weighted by atomic mass is 16.6. The van der Waals surface area contributed by atoms with Crippen molar-refractivity contribution in [2.45, 2.75) is 13.5 Å². The number of pyridine rings is 1. The van der Waals surface area contributed by atoms with Crippen LogP contribution in [0.2, 0.25) is 0 Å². The van der Waals surface area contributed by atoms with Gasteiger partial charge >= 0.3 is 0 Å². The molecule has 8 heteroatoms. The Hall–Kier alpha value is -3.42. The van der Waals surface area contributed by atoms with Crippen molar-refractivity contribution in [3.63, 3.8) is 0 Å². The molecule has 0 aliphatic rings. The molecule has 25 heavy (non-hydrogen) atoms. The molecule has 0 spiro atoms. The molecule has 0 saturated carbocycles. The molecule has 4 aromatic rings. The average molecular weight is 333 g/mol. The molecule has 0 fully saturated rings. The number of nitrogens with zero attached hydrogens (tertiary/aromatic N) is 7. The van der Waals surface area contributed by atoms with Crippen molar-refractivity contribution in [1.29, 1.82) is 0 Å². The van der Waals surface area contributed by atoms with Crippen molar-refractivity contribution >= 4 is 27.9 Å². The number of fused-ring (bicyclic) bond motifs is 2. The van der Waals surface area contributed by atoms with Crippen LogP contribution >= 0.6 is 0 Å². The van der Waals surface area contributed by atoms with Crippen LogP contribution in [0.3, 0.4) is 0 Å². The molecule has 0 atom stereocenters. The summed E-state index contributed by atoms with van der Waals surface area (Å²) in [4.78, 5) is 18.0. The summed E-state index contributed by atoms with van der Waals surface area (Å²) in [7, 11) is 1.50. The molecular weight excluding hydrogens is 318 g/mol. The summed E-state index contributed by atoms with van der Waals surface area (Å²) in [5.41, 5.74) is 4.41. The van der Waals surface area contributed by atoms with Gasteiger partial charge in [-0.15, -0.1) is 5.10 Å². The van der Waals surface area contributed by atoms with Gasteiger partial charge in [0.1, 0.15) is 18.5 Å². The van der Waals surface area contributed by atoms with Crippen molar-refractivity contribution in [2.24, 2.45) is 5.16 Å². The molecule has 0 bridgehead atoms. The van der Waals surface area contributed by atoms with E-state index in [9.17, 15) is 0 Å². The lowest BCUT2D eigenvalue weighted by molar-refractivity contribution is 0.213. The first-order chi connectivity index (χ1) is 12.2. The zero-order valence-electron chi connectivity index (χ0n) is 13.8. The fourth-order valence-electron chi connectivity index (χ4n) is 2.62. The van der Waals surface area contributed by atoms with E-state index in [1.165, 1.54) is 7.11 Å². The summed E-state index contributed by atoms with van der Waals surface area (Å²) in [6.07, 6.45) is 3.40. The first-order valence-electron chi connectivity index (χ1n) is 7.72. The third kappa shape index (κ3) is 2.89. The summed E-state index contributed by atoms with van der Waals surface area (Å²) < 4.78 is 1.73. The Morgan fingerprint density at radius 2 is 2.16 bits per heavy atom. The van der Waals surface area contributed by atoms with Crippen molar-refractivity contribution in [3.8, 4) is 0 Å². The van der Waals surface area contributed by atoms with Gasteiger partial charge in [-0.25, -0.2) is 14.6 Å². The first kappa shape index (κ1) is 15.1. The molecule has 1 aromatic carbocycles. The minimum atomic E-state index is 0.497. The molecule has 0 saturated heterocycles. The summed E-state index contributed by atoms with van der Waals surface area (Å²) >= 11 is 0. The Bertz CT molecular complexity index is 1090. The number of hydrogen-bond acceptors (Lipinski definition) is 7. The fourth-order valence-corrected chi connectivity index (χ4v) is 2.62. The van der Waals surface area contributed by atoms with E-state index in [1.807, 2.05) is 31.2 Å². The second-order valence-corrected chi connectivity index (χ2v) is 5.54. The van der Waals surface area contributed by atoms with E-state index in [4.69, 9.17) is 4.84 Å². The van der Waals surface area contributed by atoms with Crippen LogP contribution in [0.1, 0.15) is 18.2 Å². The van der Waals surface area contributed by atoms with Crippen LogP contribution in [-0.4, -0.2) is 42.8 Å². The van der Waals surface area contributed by atoms with E-state index < -0.39 is 0 Å². The van der Waals surface area contributed by atoms with Gasteiger partial charge in [0.25, 0.3) is 0 Å². The van der Waals surface area contributed by atoms with Gasteiger partial charge < -0.3 is 4.84 Å². The lowest BCUT2D eigenvalue weighted by atomic mass is 10.1. The molecule has 8 nitrogen and oxygen atoms in total. The van der Waals surface area contributed by atoms with Gasteiger partial charge in [0.05, 0.1) is 18.3 Å². The van der Waals surface area contributed by atoms with Crippen molar-refractivity contribution in [2.75, 3.05) is 7.11 Å².